The van der Waals surface area contributed by atoms with Crippen molar-refractivity contribution in [3.05, 3.63) is 59.8 Å². The van der Waals surface area contributed by atoms with Gasteiger partial charge < -0.3 is 9.80 Å². The van der Waals surface area contributed by atoms with E-state index in [1.54, 1.807) is 11.1 Å². The summed E-state index contributed by atoms with van der Waals surface area (Å²) < 4.78 is 0. The number of carbonyl (C=O) groups excluding carboxylic acids is 1. The molecule has 24 heavy (non-hydrogen) atoms. The first-order chi connectivity index (χ1) is 11.6. The van der Waals surface area contributed by atoms with Gasteiger partial charge in [0.15, 0.2) is 0 Å². The molecular weight excluding hydrogens is 298 g/mol. The molecule has 1 aromatic carbocycles. The van der Waals surface area contributed by atoms with E-state index in [0.717, 1.165) is 12.4 Å². The number of nitrogens with zero attached hydrogens (tertiary/aromatic N) is 3. The Morgan fingerprint density at radius 3 is 2.21 bits per heavy atom. The lowest BCUT2D eigenvalue weighted by molar-refractivity contribution is 0.0772. The molecule has 2 aromatic rings. The van der Waals surface area contributed by atoms with Gasteiger partial charge in [0.05, 0.1) is 5.56 Å². The van der Waals surface area contributed by atoms with E-state index in [0.29, 0.717) is 24.7 Å². The molecule has 0 bridgehead atoms. The Hall–Kier alpha value is -2.36. The summed E-state index contributed by atoms with van der Waals surface area (Å²) in [6, 6.07) is 14.5. The van der Waals surface area contributed by atoms with Gasteiger partial charge in [0.2, 0.25) is 0 Å². The molecule has 0 saturated carbocycles. The molecule has 1 amide bonds. The van der Waals surface area contributed by atoms with E-state index in [1.807, 2.05) is 44.2 Å². The predicted molar refractivity (Wildman–Crippen MR) is 99.2 cm³/mol. The Morgan fingerprint density at radius 1 is 1.04 bits per heavy atom. The van der Waals surface area contributed by atoms with Crippen LogP contribution < -0.4 is 4.90 Å². The van der Waals surface area contributed by atoms with Crippen molar-refractivity contribution >= 4 is 11.7 Å². The van der Waals surface area contributed by atoms with Crippen molar-refractivity contribution in [1.29, 1.82) is 0 Å². The largest absolute Gasteiger partial charge is 0.350 e. The Bertz CT molecular complexity index is 634. The molecule has 0 aliphatic rings. The molecule has 4 heteroatoms. The minimum atomic E-state index is 0.0400. The summed E-state index contributed by atoms with van der Waals surface area (Å²) in [6.45, 7) is 10.5. The highest BCUT2D eigenvalue weighted by Gasteiger charge is 2.16. The van der Waals surface area contributed by atoms with Gasteiger partial charge >= 0.3 is 0 Å². The van der Waals surface area contributed by atoms with Crippen LogP contribution in [-0.2, 0) is 6.54 Å². The maximum atomic E-state index is 12.4. The van der Waals surface area contributed by atoms with Crippen molar-refractivity contribution in [2.24, 2.45) is 0 Å². The van der Waals surface area contributed by atoms with Crippen LogP contribution in [0.1, 0.15) is 43.6 Å². The average Bonchev–Trinajstić information content (AvgIpc) is 2.61. The first kappa shape index (κ1) is 18.0. The minimum Gasteiger partial charge on any atom is -0.350 e. The molecule has 1 heterocycles. The van der Waals surface area contributed by atoms with Gasteiger partial charge in [0.1, 0.15) is 5.82 Å². The zero-order chi connectivity index (χ0) is 17.5. The molecule has 2 rings (SSSR count). The summed E-state index contributed by atoms with van der Waals surface area (Å²) in [4.78, 5) is 21.0. The highest BCUT2D eigenvalue weighted by atomic mass is 16.2. The molecule has 0 aliphatic heterocycles. The van der Waals surface area contributed by atoms with Crippen LogP contribution in [0.25, 0.3) is 0 Å². The van der Waals surface area contributed by atoms with Crippen molar-refractivity contribution in [2.45, 2.75) is 40.3 Å². The summed E-state index contributed by atoms with van der Waals surface area (Å²) in [5, 5.41) is 0. The van der Waals surface area contributed by atoms with Gasteiger partial charge in [-0.15, -0.1) is 0 Å². The van der Waals surface area contributed by atoms with Crippen molar-refractivity contribution < 1.29 is 4.79 Å². The van der Waals surface area contributed by atoms with E-state index in [1.165, 1.54) is 5.56 Å². The van der Waals surface area contributed by atoms with Crippen molar-refractivity contribution in [3.63, 3.8) is 0 Å². The van der Waals surface area contributed by atoms with Crippen LogP contribution in [0.5, 0.6) is 0 Å². The van der Waals surface area contributed by atoms with Crippen LogP contribution in [0.4, 0.5) is 5.82 Å². The molecule has 0 radical (unpaired) electrons. The number of pyridine rings is 1. The number of aromatic nitrogens is 1. The standard InChI is InChI=1S/C20H27N3O/c1-5-22(6-2)20(24)18-12-13-19(21-14-18)23(16(3)4)15-17-10-8-7-9-11-17/h7-14,16H,5-6,15H2,1-4H3. The van der Waals surface area contributed by atoms with Crippen molar-refractivity contribution in [2.75, 3.05) is 18.0 Å². The number of anilines is 1. The zero-order valence-corrected chi connectivity index (χ0v) is 15.1. The lowest BCUT2D eigenvalue weighted by Crippen LogP contribution is -2.32. The van der Waals surface area contributed by atoms with Gasteiger partial charge in [-0.2, -0.15) is 0 Å². The molecule has 0 atom stereocenters. The Balaban J connectivity index is 2.18. The number of rotatable bonds is 7. The van der Waals surface area contributed by atoms with Gasteiger partial charge in [-0.05, 0) is 45.4 Å². The number of hydrogen-bond acceptors (Lipinski definition) is 3. The average molecular weight is 325 g/mol. The predicted octanol–water partition coefficient (Wildman–Crippen LogP) is 3.98. The molecule has 0 unspecified atom stereocenters. The monoisotopic (exact) mass is 325 g/mol. The highest BCUT2D eigenvalue weighted by Crippen LogP contribution is 2.18. The van der Waals surface area contributed by atoms with Gasteiger partial charge in [0.25, 0.3) is 5.91 Å². The van der Waals surface area contributed by atoms with E-state index in [2.05, 4.69) is 35.9 Å². The third-order valence-corrected chi connectivity index (χ3v) is 4.16. The summed E-state index contributed by atoms with van der Waals surface area (Å²) in [5.41, 5.74) is 1.89. The molecule has 0 N–H and O–H groups in total. The topological polar surface area (TPSA) is 36.4 Å². The van der Waals surface area contributed by atoms with Crippen LogP contribution in [0.15, 0.2) is 48.7 Å². The van der Waals surface area contributed by atoms with Crippen molar-refractivity contribution in [1.82, 2.24) is 9.88 Å². The summed E-state index contributed by atoms with van der Waals surface area (Å²) >= 11 is 0. The van der Waals surface area contributed by atoms with Gasteiger partial charge in [-0.1, -0.05) is 30.3 Å². The third-order valence-electron chi connectivity index (χ3n) is 4.16. The van der Waals surface area contributed by atoms with Crippen LogP contribution in [0, 0.1) is 0 Å². The second kappa shape index (κ2) is 8.48. The second-order valence-corrected chi connectivity index (χ2v) is 6.09. The minimum absolute atomic E-state index is 0.0400. The molecule has 4 nitrogen and oxygen atoms in total. The lowest BCUT2D eigenvalue weighted by atomic mass is 10.1. The number of hydrogen-bond donors (Lipinski definition) is 0. The van der Waals surface area contributed by atoms with Crippen LogP contribution >= 0.6 is 0 Å². The first-order valence-electron chi connectivity index (χ1n) is 8.62. The normalized spacial score (nSPS) is 10.7. The smallest absolute Gasteiger partial charge is 0.255 e. The number of benzene rings is 1. The molecule has 1 aromatic heterocycles. The van der Waals surface area contributed by atoms with E-state index in [9.17, 15) is 4.79 Å². The third kappa shape index (κ3) is 4.34. The summed E-state index contributed by atoms with van der Waals surface area (Å²) in [6.07, 6.45) is 1.69. The van der Waals surface area contributed by atoms with Crippen LogP contribution in [-0.4, -0.2) is 34.9 Å². The van der Waals surface area contributed by atoms with E-state index < -0.39 is 0 Å². The second-order valence-electron chi connectivity index (χ2n) is 6.09. The van der Waals surface area contributed by atoms with E-state index in [-0.39, 0.29) is 5.91 Å². The molecule has 0 fully saturated rings. The summed E-state index contributed by atoms with van der Waals surface area (Å²) in [5.74, 6) is 0.933. The van der Waals surface area contributed by atoms with E-state index in [4.69, 9.17) is 0 Å². The fourth-order valence-corrected chi connectivity index (χ4v) is 2.68. The molecule has 0 aliphatic carbocycles. The molecular formula is C20H27N3O. The SMILES string of the molecule is CCN(CC)C(=O)c1ccc(N(Cc2ccccc2)C(C)C)nc1. The highest BCUT2D eigenvalue weighted by molar-refractivity contribution is 5.94. The molecule has 0 saturated heterocycles. The Morgan fingerprint density at radius 2 is 1.71 bits per heavy atom. The quantitative estimate of drug-likeness (QED) is 0.772. The maximum Gasteiger partial charge on any atom is 0.255 e. The zero-order valence-electron chi connectivity index (χ0n) is 15.1. The first-order valence-corrected chi connectivity index (χ1v) is 8.62. The van der Waals surface area contributed by atoms with Gasteiger partial charge in [-0.3, -0.25) is 4.79 Å². The van der Waals surface area contributed by atoms with Gasteiger partial charge in [0, 0.05) is 31.9 Å². The number of amides is 1. The fourth-order valence-electron chi connectivity index (χ4n) is 2.68. The maximum absolute atomic E-state index is 12.4. The summed E-state index contributed by atoms with van der Waals surface area (Å²) in [7, 11) is 0. The number of carbonyl (C=O) groups is 1. The van der Waals surface area contributed by atoms with Crippen molar-refractivity contribution in [3.8, 4) is 0 Å². The van der Waals surface area contributed by atoms with Gasteiger partial charge in [-0.25, -0.2) is 4.98 Å². The van der Waals surface area contributed by atoms with E-state index >= 15 is 0 Å². The molecule has 128 valence electrons. The Labute approximate surface area is 145 Å². The molecule has 0 spiro atoms. The fraction of sp³-hybridized carbons (Fsp3) is 0.400. The lowest BCUT2D eigenvalue weighted by Gasteiger charge is -2.28. The van der Waals surface area contributed by atoms with Crippen LogP contribution in [0.3, 0.4) is 0 Å². The Kier molecular flexibility index (Phi) is 6.36. The van der Waals surface area contributed by atoms with Crippen LogP contribution in [0.2, 0.25) is 0 Å².